The molecule has 0 bridgehead atoms. The molecule has 0 spiro atoms. The molecule has 37 heavy (non-hydrogen) atoms. The summed E-state index contributed by atoms with van der Waals surface area (Å²) in [6.07, 6.45) is 0.574. The highest BCUT2D eigenvalue weighted by molar-refractivity contribution is 6.34. The van der Waals surface area contributed by atoms with Gasteiger partial charge in [-0.2, -0.15) is 9.97 Å². The van der Waals surface area contributed by atoms with Crippen LogP contribution in [-0.2, 0) is 11.3 Å². The fraction of sp³-hybridized carbons (Fsp3) is 0.370. The smallest absolute Gasteiger partial charge is 0.323 e. The van der Waals surface area contributed by atoms with E-state index < -0.39 is 0 Å². The molecule has 4 rings (SSSR count). The summed E-state index contributed by atoms with van der Waals surface area (Å²) in [5.74, 6) is 0.960. The second kappa shape index (κ2) is 12.7. The maximum atomic E-state index is 11.3. The fourth-order valence-corrected chi connectivity index (χ4v) is 4.38. The van der Waals surface area contributed by atoms with E-state index in [1.165, 1.54) is 14.2 Å². The van der Waals surface area contributed by atoms with Crippen LogP contribution in [0.4, 0.5) is 0 Å². The first-order chi connectivity index (χ1) is 18.0. The normalized spacial score (nSPS) is 13.7. The summed E-state index contributed by atoms with van der Waals surface area (Å²) >= 11 is 6.83. The van der Waals surface area contributed by atoms with Gasteiger partial charge in [-0.1, -0.05) is 41.9 Å². The highest BCUT2D eigenvalue weighted by Crippen LogP contribution is 2.36. The molecule has 1 aliphatic heterocycles. The minimum Gasteiger partial charge on any atom is -0.492 e. The molecule has 0 N–H and O–H groups in total. The van der Waals surface area contributed by atoms with Gasteiger partial charge in [-0.3, -0.25) is 9.69 Å². The van der Waals surface area contributed by atoms with Crippen LogP contribution < -0.4 is 18.9 Å². The average Bonchev–Trinajstić information content (AvgIpc) is 2.93. The van der Waals surface area contributed by atoms with Gasteiger partial charge in [0.1, 0.15) is 24.5 Å². The number of rotatable bonds is 11. The van der Waals surface area contributed by atoms with Crippen molar-refractivity contribution in [2.24, 2.45) is 0 Å². The predicted molar refractivity (Wildman–Crippen MR) is 139 cm³/mol. The number of carbonyl (C=O) groups excluding carboxylic acids is 1. The number of halogens is 1. The van der Waals surface area contributed by atoms with Crippen LogP contribution in [0.25, 0.3) is 11.1 Å². The van der Waals surface area contributed by atoms with Crippen LogP contribution in [0.5, 0.6) is 23.5 Å². The zero-order valence-electron chi connectivity index (χ0n) is 21.2. The summed E-state index contributed by atoms with van der Waals surface area (Å²) in [7, 11) is 2.81. The van der Waals surface area contributed by atoms with Crippen molar-refractivity contribution in [1.82, 2.24) is 14.9 Å². The number of morpholine rings is 1. The molecule has 0 saturated carbocycles. The van der Waals surface area contributed by atoms with Crippen LogP contribution in [0, 0.1) is 6.92 Å². The molecular formula is C27H30ClN3O6. The van der Waals surface area contributed by atoms with Crippen molar-refractivity contribution in [1.29, 1.82) is 0 Å². The second-order valence-corrected chi connectivity index (χ2v) is 8.73. The number of aldehydes is 1. The lowest BCUT2D eigenvalue weighted by Gasteiger charge is -2.26. The lowest BCUT2D eigenvalue weighted by Crippen LogP contribution is -2.38. The second-order valence-electron chi connectivity index (χ2n) is 8.35. The first-order valence-electron chi connectivity index (χ1n) is 11.9. The third-order valence-corrected chi connectivity index (χ3v) is 6.58. The molecule has 1 saturated heterocycles. The van der Waals surface area contributed by atoms with Gasteiger partial charge >= 0.3 is 6.01 Å². The van der Waals surface area contributed by atoms with Gasteiger partial charge in [0, 0.05) is 30.8 Å². The summed E-state index contributed by atoms with van der Waals surface area (Å²) in [6.45, 7) is 6.98. The molecule has 0 atom stereocenters. The monoisotopic (exact) mass is 527 g/mol. The minimum atomic E-state index is 0.00705. The SMILES string of the molecule is COc1nc(OCc2cccc(-c3cccc(OCCN4CCOCC4)c3C)c2Cl)nc(OC)c1C=O. The molecule has 0 unspecified atom stereocenters. The average molecular weight is 528 g/mol. The van der Waals surface area contributed by atoms with Gasteiger partial charge in [0.15, 0.2) is 6.29 Å². The number of hydrogen-bond acceptors (Lipinski definition) is 9. The lowest BCUT2D eigenvalue weighted by molar-refractivity contribution is 0.0322. The number of methoxy groups -OCH3 is 2. The number of nitrogens with zero attached hydrogens (tertiary/aromatic N) is 3. The van der Waals surface area contributed by atoms with Crippen molar-refractivity contribution in [3.05, 3.63) is 58.1 Å². The Hall–Kier alpha value is -3.40. The Kier molecular flexibility index (Phi) is 9.16. The van der Waals surface area contributed by atoms with Gasteiger partial charge in [-0.05, 0) is 24.1 Å². The summed E-state index contributed by atoms with van der Waals surface area (Å²) in [5.41, 5.74) is 3.71. The lowest BCUT2D eigenvalue weighted by atomic mass is 9.98. The molecule has 3 aromatic rings. The van der Waals surface area contributed by atoms with E-state index in [9.17, 15) is 4.79 Å². The Balaban J connectivity index is 1.49. The fourth-order valence-electron chi connectivity index (χ4n) is 4.10. The van der Waals surface area contributed by atoms with Crippen molar-refractivity contribution in [3.8, 4) is 34.6 Å². The summed E-state index contributed by atoms with van der Waals surface area (Å²) < 4.78 is 27.7. The molecule has 1 fully saturated rings. The molecule has 0 amide bonds. The van der Waals surface area contributed by atoms with Crippen LogP contribution in [0.3, 0.4) is 0 Å². The van der Waals surface area contributed by atoms with E-state index in [1.807, 2.05) is 43.3 Å². The molecule has 2 heterocycles. The van der Waals surface area contributed by atoms with Gasteiger partial charge < -0.3 is 23.7 Å². The van der Waals surface area contributed by atoms with Crippen molar-refractivity contribution in [3.63, 3.8) is 0 Å². The van der Waals surface area contributed by atoms with E-state index in [1.54, 1.807) is 0 Å². The van der Waals surface area contributed by atoms with Gasteiger partial charge in [0.25, 0.3) is 0 Å². The first kappa shape index (κ1) is 26.7. The standard InChI is InChI=1S/C27H30ClN3O6/c1-18-20(7-5-9-23(18)36-15-12-31-10-13-35-14-11-31)21-8-4-6-19(24(21)28)17-37-27-29-25(33-2)22(16-32)26(30-27)34-3/h4-9,16H,10-15,17H2,1-3H3. The van der Waals surface area contributed by atoms with Crippen molar-refractivity contribution >= 4 is 17.9 Å². The first-order valence-corrected chi connectivity index (χ1v) is 12.3. The van der Waals surface area contributed by atoms with Gasteiger partial charge in [-0.15, -0.1) is 0 Å². The van der Waals surface area contributed by atoms with Crippen molar-refractivity contribution in [2.45, 2.75) is 13.5 Å². The number of benzene rings is 2. The van der Waals surface area contributed by atoms with E-state index in [0.717, 1.165) is 60.9 Å². The Morgan fingerprint density at radius 2 is 1.68 bits per heavy atom. The summed E-state index contributed by atoms with van der Waals surface area (Å²) in [4.78, 5) is 22.0. The van der Waals surface area contributed by atoms with Crippen molar-refractivity contribution < 1.29 is 28.5 Å². The molecule has 1 aromatic heterocycles. The minimum absolute atomic E-state index is 0.00705. The molecular weight excluding hydrogens is 498 g/mol. The highest BCUT2D eigenvalue weighted by atomic mass is 35.5. The molecule has 0 radical (unpaired) electrons. The molecule has 196 valence electrons. The largest absolute Gasteiger partial charge is 0.492 e. The maximum absolute atomic E-state index is 11.3. The Morgan fingerprint density at radius 3 is 2.35 bits per heavy atom. The van der Waals surface area contributed by atoms with Crippen LogP contribution in [-0.4, -0.2) is 74.8 Å². The Morgan fingerprint density at radius 1 is 1.00 bits per heavy atom. The molecule has 10 heteroatoms. The number of ether oxygens (including phenoxy) is 5. The predicted octanol–water partition coefficient (Wildman–Crippen LogP) is 4.23. The van der Waals surface area contributed by atoms with Gasteiger partial charge in [-0.25, -0.2) is 0 Å². The Bertz CT molecular complexity index is 1210. The third-order valence-electron chi connectivity index (χ3n) is 6.14. The van der Waals surface area contributed by atoms with E-state index in [0.29, 0.717) is 17.9 Å². The quantitative estimate of drug-likeness (QED) is 0.340. The van der Waals surface area contributed by atoms with E-state index in [4.69, 9.17) is 35.3 Å². The third kappa shape index (κ3) is 6.30. The van der Waals surface area contributed by atoms with E-state index >= 15 is 0 Å². The molecule has 9 nitrogen and oxygen atoms in total. The molecule has 1 aliphatic rings. The summed E-state index contributed by atoms with van der Waals surface area (Å²) in [6, 6.07) is 11.7. The van der Waals surface area contributed by atoms with Gasteiger partial charge in [0.05, 0.1) is 32.5 Å². The Labute approximate surface area is 221 Å². The van der Waals surface area contributed by atoms with Crippen molar-refractivity contribution in [2.75, 3.05) is 53.7 Å². The van der Waals surface area contributed by atoms with Crippen LogP contribution in [0.15, 0.2) is 36.4 Å². The number of aromatic nitrogens is 2. The van der Waals surface area contributed by atoms with E-state index in [-0.39, 0.29) is 29.9 Å². The highest BCUT2D eigenvalue weighted by Gasteiger charge is 2.18. The van der Waals surface area contributed by atoms with Crippen LogP contribution in [0.1, 0.15) is 21.5 Å². The molecule has 2 aromatic carbocycles. The molecule has 0 aliphatic carbocycles. The number of carbonyl (C=O) groups is 1. The van der Waals surface area contributed by atoms with Crippen LogP contribution in [0.2, 0.25) is 5.02 Å². The van der Waals surface area contributed by atoms with E-state index in [2.05, 4.69) is 14.9 Å². The number of hydrogen-bond donors (Lipinski definition) is 0. The maximum Gasteiger partial charge on any atom is 0.323 e. The zero-order valence-corrected chi connectivity index (χ0v) is 21.9. The zero-order chi connectivity index (χ0) is 26.2. The topological polar surface area (TPSA) is 92.2 Å². The van der Waals surface area contributed by atoms with Gasteiger partial charge in [0.2, 0.25) is 11.8 Å². The summed E-state index contributed by atoms with van der Waals surface area (Å²) in [5, 5.41) is 0.555. The van der Waals surface area contributed by atoms with Crippen LogP contribution >= 0.6 is 11.6 Å².